The number of hydrogen-bond donors (Lipinski definition) is 1. The lowest BCUT2D eigenvalue weighted by molar-refractivity contribution is 0.252. The number of aromatic amines is 1. The molecular formula is C11H8F2N2S2. The third-order valence-corrected chi connectivity index (χ3v) is 3.00. The highest BCUT2D eigenvalue weighted by molar-refractivity contribution is 7.99. The molecular weight excluding hydrogens is 262 g/mol. The molecule has 0 aliphatic rings. The first-order valence-corrected chi connectivity index (χ1v) is 6.04. The average Bonchev–Trinajstić information content (AvgIpc) is 2.29. The lowest BCUT2D eigenvalue weighted by atomic mass is 10.1. The first-order valence-electron chi connectivity index (χ1n) is 4.76. The molecule has 1 N–H and O–H groups in total. The minimum absolute atomic E-state index is 0.397. The predicted molar refractivity (Wildman–Crippen MR) is 66.7 cm³/mol. The van der Waals surface area contributed by atoms with E-state index < -0.39 is 5.76 Å². The van der Waals surface area contributed by atoms with Crippen molar-refractivity contribution in [3.05, 3.63) is 41.3 Å². The van der Waals surface area contributed by atoms with Crippen LogP contribution < -0.4 is 0 Å². The van der Waals surface area contributed by atoms with Crippen LogP contribution in [0.3, 0.4) is 0 Å². The SMILES string of the molecule is FC(F)Sc1ccc(-c2ccnc(=S)[nH]2)cc1. The van der Waals surface area contributed by atoms with Crippen LogP contribution in [0, 0.1) is 4.77 Å². The molecule has 1 heterocycles. The van der Waals surface area contributed by atoms with Gasteiger partial charge >= 0.3 is 0 Å². The largest absolute Gasteiger partial charge is 0.330 e. The first-order chi connectivity index (χ1) is 8.15. The zero-order valence-corrected chi connectivity index (χ0v) is 10.2. The fourth-order valence-corrected chi connectivity index (χ4v) is 2.02. The summed E-state index contributed by atoms with van der Waals surface area (Å²) in [7, 11) is 0. The molecule has 1 aromatic heterocycles. The van der Waals surface area contributed by atoms with Crippen LogP contribution in [0.4, 0.5) is 8.78 Å². The summed E-state index contributed by atoms with van der Waals surface area (Å²) in [6.07, 6.45) is 1.61. The average molecular weight is 270 g/mol. The van der Waals surface area contributed by atoms with E-state index in [-0.39, 0.29) is 0 Å². The zero-order valence-electron chi connectivity index (χ0n) is 8.56. The maximum atomic E-state index is 12.1. The number of nitrogens with zero attached hydrogens (tertiary/aromatic N) is 1. The van der Waals surface area contributed by atoms with E-state index in [2.05, 4.69) is 9.97 Å². The van der Waals surface area contributed by atoms with Crippen molar-refractivity contribution in [1.82, 2.24) is 9.97 Å². The van der Waals surface area contributed by atoms with Crippen molar-refractivity contribution < 1.29 is 8.78 Å². The van der Waals surface area contributed by atoms with Crippen molar-refractivity contribution in [1.29, 1.82) is 0 Å². The van der Waals surface area contributed by atoms with Crippen molar-refractivity contribution in [3.63, 3.8) is 0 Å². The fraction of sp³-hybridized carbons (Fsp3) is 0.0909. The molecule has 2 aromatic rings. The Balaban J connectivity index is 2.26. The molecule has 0 saturated carbocycles. The molecule has 2 nitrogen and oxygen atoms in total. The molecule has 0 spiro atoms. The van der Waals surface area contributed by atoms with Crippen LogP contribution in [-0.2, 0) is 0 Å². The first kappa shape index (κ1) is 12.2. The minimum Gasteiger partial charge on any atom is -0.330 e. The molecule has 17 heavy (non-hydrogen) atoms. The van der Waals surface area contributed by atoms with Crippen molar-refractivity contribution in [2.45, 2.75) is 10.7 Å². The molecule has 0 unspecified atom stereocenters. The second-order valence-corrected chi connectivity index (χ2v) is 4.64. The molecule has 0 aliphatic carbocycles. The van der Waals surface area contributed by atoms with Gasteiger partial charge in [0.05, 0.1) is 0 Å². The van der Waals surface area contributed by atoms with E-state index in [9.17, 15) is 8.78 Å². The van der Waals surface area contributed by atoms with E-state index in [1.807, 2.05) is 0 Å². The van der Waals surface area contributed by atoms with Crippen LogP contribution in [0.5, 0.6) is 0 Å². The van der Waals surface area contributed by atoms with Gasteiger partial charge in [0.15, 0.2) is 4.77 Å². The van der Waals surface area contributed by atoms with Crippen molar-refractivity contribution in [3.8, 4) is 11.3 Å². The Morgan fingerprint density at radius 2 is 1.88 bits per heavy atom. The Kier molecular flexibility index (Phi) is 3.86. The number of rotatable bonds is 3. The molecule has 6 heteroatoms. The number of halogens is 2. The standard InChI is InChI=1S/C11H8F2N2S2/c12-10(13)17-8-3-1-7(2-4-8)9-5-6-14-11(16)15-9/h1-6,10H,(H,14,15,16). The molecule has 0 amide bonds. The summed E-state index contributed by atoms with van der Waals surface area (Å²) in [5, 5.41) is 0. The van der Waals surface area contributed by atoms with Gasteiger partial charge in [-0.2, -0.15) is 8.78 Å². The van der Waals surface area contributed by atoms with Gasteiger partial charge in [0, 0.05) is 16.8 Å². The Morgan fingerprint density at radius 3 is 2.47 bits per heavy atom. The van der Waals surface area contributed by atoms with Crippen LogP contribution in [0.15, 0.2) is 41.4 Å². The smallest absolute Gasteiger partial charge is 0.288 e. The summed E-state index contributed by atoms with van der Waals surface area (Å²) in [4.78, 5) is 7.35. The third kappa shape index (κ3) is 3.34. The Hall–Kier alpha value is -1.27. The molecule has 0 bridgehead atoms. The van der Waals surface area contributed by atoms with Crippen molar-refractivity contribution in [2.75, 3.05) is 0 Å². The molecule has 0 radical (unpaired) electrons. The van der Waals surface area contributed by atoms with Crippen molar-refractivity contribution in [2.24, 2.45) is 0 Å². The monoisotopic (exact) mass is 270 g/mol. The van der Waals surface area contributed by atoms with Gasteiger partial charge in [-0.25, -0.2) is 4.98 Å². The van der Waals surface area contributed by atoms with E-state index in [1.165, 1.54) is 0 Å². The number of H-pyrrole nitrogens is 1. The van der Waals surface area contributed by atoms with E-state index in [0.29, 0.717) is 21.4 Å². The van der Waals surface area contributed by atoms with Gasteiger partial charge in [-0.3, -0.25) is 0 Å². The Morgan fingerprint density at radius 1 is 1.18 bits per heavy atom. The zero-order chi connectivity index (χ0) is 12.3. The quantitative estimate of drug-likeness (QED) is 0.672. The lowest BCUT2D eigenvalue weighted by Gasteiger charge is -2.03. The number of aromatic nitrogens is 2. The van der Waals surface area contributed by atoms with Gasteiger partial charge in [-0.1, -0.05) is 23.9 Å². The normalized spacial score (nSPS) is 10.8. The number of alkyl halides is 2. The third-order valence-electron chi connectivity index (χ3n) is 2.07. The van der Waals surface area contributed by atoms with Gasteiger partial charge < -0.3 is 4.98 Å². The number of nitrogens with one attached hydrogen (secondary N) is 1. The number of hydrogen-bond acceptors (Lipinski definition) is 3. The van der Waals surface area contributed by atoms with E-state index >= 15 is 0 Å². The molecule has 1 aromatic carbocycles. The summed E-state index contributed by atoms with van der Waals surface area (Å²) < 4.78 is 24.7. The Bertz CT molecular complexity index is 552. The predicted octanol–water partition coefficient (Wildman–Crippen LogP) is 4.12. The Labute approximate surface area is 106 Å². The maximum absolute atomic E-state index is 12.1. The topological polar surface area (TPSA) is 28.7 Å². The van der Waals surface area contributed by atoms with E-state index in [1.54, 1.807) is 36.5 Å². The van der Waals surface area contributed by atoms with Gasteiger partial charge in [-0.05, 0) is 36.0 Å². The summed E-state index contributed by atoms with van der Waals surface area (Å²) in [6, 6.07) is 8.63. The van der Waals surface area contributed by atoms with Crippen LogP contribution in [-0.4, -0.2) is 15.7 Å². The summed E-state index contributed by atoms with van der Waals surface area (Å²) >= 11 is 5.44. The number of benzene rings is 1. The summed E-state index contributed by atoms with van der Waals surface area (Å²) in [5.74, 6) is -2.40. The minimum atomic E-state index is -2.40. The molecule has 2 rings (SSSR count). The van der Waals surface area contributed by atoms with Crippen LogP contribution in [0.1, 0.15) is 0 Å². The molecule has 0 saturated heterocycles. The van der Waals surface area contributed by atoms with Gasteiger partial charge in [0.2, 0.25) is 0 Å². The lowest BCUT2D eigenvalue weighted by Crippen LogP contribution is -1.86. The van der Waals surface area contributed by atoms with E-state index in [0.717, 1.165) is 11.3 Å². The molecule has 0 atom stereocenters. The highest BCUT2D eigenvalue weighted by Crippen LogP contribution is 2.27. The molecule has 0 fully saturated rings. The highest BCUT2D eigenvalue weighted by atomic mass is 32.2. The maximum Gasteiger partial charge on any atom is 0.288 e. The summed E-state index contributed by atoms with van der Waals surface area (Å²) in [6.45, 7) is 0. The van der Waals surface area contributed by atoms with Gasteiger partial charge in [0.25, 0.3) is 5.76 Å². The highest BCUT2D eigenvalue weighted by Gasteiger charge is 2.05. The van der Waals surface area contributed by atoms with Crippen LogP contribution in [0.25, 0.3) is 11.3 Å². The second kappa shape index (κ2) is 5.37. The van der Waals surface area contributed by atoms with Crippen LogP contribution >= 0.6 is 24.0 Å². The second-order valence-electron chi connectivity index (χ2n) is 3.19. The van der Waals surface area contributed by atoms with E-state index in [4.69, 9.17) is 12.2 Å². The van der Waals surface area contributed by atoms with Gasteiger partial charge in [-0.15, -0.1) is 0 Å². The molecule has 0 aliphatic heterocycles. The van der Waals surface area contributed by atoms with Crippen LogP contribution in [0.2, 0.25) is 0 Å². The molecule has 88 valence electrons. The fourth-order valence-electron chi connectivity index (χ4n) is 1.35. The summed E-state index contributed by atoms with van der Waals surface area (Å²) in [5.41, 5.74) is 1.70. The van der Waals surface area contributed by atoms with Gasteiger partial charge in [0.1, 0.15) is 0 Å². The van der Waals surface area contributed by atoms with Crippen molar-refractivity contribution >= 4 is 24.0 Å². The number of thioether (sulfide) groups is 1.